The van der Waals surface area contributed by atoms with E-state index >= 15 is 0 Å². The van der Waals surface area contributed by atoms with Crippen molar-refractivity contribution in [1.82, 2.24) is 15.4 Å². The lowest BCUT2D eigenvalue weighted by atomic mass is 10.1. The van der Waals surface area contributed by atoms with Crippen LogP contribution in [0.25, 0.3) is 10.9 Å². The number of fused-ring (bicyclic) bond motifs is 2. The number of hydrogen-bond acceptors (Lipinski definition) is 4. The molecular formula is C20H19N3O4. The van der Waals surface area contributed by atoms with Crippen molar-refractivity contribution in [2.24, 2.45) is 7.05 Å². The van der Waals surface area contributed by atoms with Crippen LogP contribution in [0.4, 0.5) is 0 Å². The first kappa shape index (κ1) is 17.0. The third-order valence-electron chi connectivity index (χ3n) is 4.45. The quantitative estimate of drug-likeness (QED) is 0.695. The second-order valence-corrected chi connectivity index (χ2v) is 6.32. The molecule has 2 heterocycles. The number of rotatable bonds is 3. The van der Waals surface area contributed by atoms with Gasteiger partial charge in [-0.05, 0) is 29.8 Å². The number of para-hydroxylation sites is 1. The first-order valence-electron chi connectivity index (χ1n) is 8.63. The number of carbonyl (C=O) groups excluding carboxylic acids is 2. The van der Waals surface area contributed by atoms with Crippen molar-refractivity contribution in [2.75, 3.05) is 13.2 Å². The van der Waals surface area contributed by atoms with Crippen molar-refractivity contribution in [3.05, 3.63) is 59.8 Å². The van der Waals surface area contributed by atoms with E-state index in [4.69, 9.17) is 9.47 Å². The number of nitrogens with one attached hydrogen (secondary N) is 2. The summed E-state index contributed by atoms with van der Waals surface area (Å²) in [7, 11) is 1.94. The summed E-state index contributed by atoms with van der Waals surface area (Å²) in [5, 5.41) is 1.02. The van der Waals surface area contributed by atoms with E-state index in [1.807, 2.05) is 42.1 Å². The predicted molar refractivity (Wildman–Crippen MR) is 99.7 cm³/mol. The zero-order chi connectivity index (χ0) is 18.8. The molecule has 0 saturated carbocycles. The minimum atomic E-state index is -0.418. The Morgan fingerprint density at radius 3 is 2.67 bits per heavy atom. The average molecular weight is 365 g/mol. The maximum absolute atomic E-state index is 12.3. The molecule has 0 spiro atoms. The smallest absolute Gasteiger partial charge is 0.269 e. The molecule has 2 amide bonds. The summed E-state index contributed by atoms with van der Waals surface area (Å²) in [6.45, 7) is 0.933. The normalized spacial score (nSPS) is 12.6. The van der Waals surface area contributed by atoms with Crippen molar-refractivity contribution in [1.29, 1.82) is 0 Å². The molecule has 7 heteroatoms. The molecule has 0 aliphatic carbocycles. The molecule has 0 fully saturated rings. The summed E-state index contributed by atoms with van der Waals surface area (Å²) in [5.41, 5.74) is 7.24. The van der Waals surface area contributed by atoms with Gasteiger partial charge < -0.3 is 14.0 Å². The highest BCUT2D eigenvalue weighted by molar-refractivity contribution is 5.96. The Morgan fingerprint density at radius 1 is 1.04 bits per heavy atom. The van der Waals surface area contributed by atoms with Crippen LogP contribution in [-0.2, 0) is 18.3 Å². The minimum absolute atomic E-state index is 0.169. The van der Waals surface area contributed by atoms with E-state index < -0.39 is 5.91 Å². The molecule has 0 radical (unpaired) electrons. The lowest BCUT2D eigenvalue weighted by Gasteiger charge is -2.18. The highest BCUT2D eigenvalue weighted by Gasteiger charge is 2.16. The van der Waals surface area contributed by atoms with E-state index in [0.717, 1.165) is 16.5 Å². The van der Waals surface area contributed by atoms with E-state index in [9.17, 15) is 9.59 Å². The number of hydrazine groups is 1. The second kappa shape index (κ2) is 7.03. The van der Waals surface area contributed by atoms with Crippen molar-refractivity contribution >= 4 is 22.7 Å². The Labute approximate surface area is 155 Å². The molecule has 0 atom stereocenters. The van der Waals surface area contributed by atoms with Crippen molar-refractivity contribution in [3.8, 4) is 11.5 Å². The van der Waals surface area contributed by atoms with Gasteiger partial charge in [-0.25, -0.2) is 0 Å². The van der Waals surface area contributed by atoms with Crippen LogP contribution in [0.2, 0.25) is 0 Å². The SMILES string of the molecule is Cn1cc(CC(=O)NNC(=O)c2ccc3c(c2)OCCO3)c2ccccc21. The monoisotopic (exact) mass is 365 g/mol. The van der Waals surface area contributed by atoms with Crippen LogP contribution in [-0.4, -0.2) is 29.6 Å². The molecule has 2 aromatic carbocycles. The summed E-state index contributed by atoms with van der Waals surface area (Å²) in [4.78, 5) is 24.5. The van der Waals surface area contributed by atoms with Gasteiger partial charge in [0, 0.05) is 29.7 Å². The van der Waals surface area contributed by atoms with Gasteiger partial charge in [-0.3, -0.25) is 20.4 Å². The highest BCUT2D eigenvalue weighted by Crippen LogP contribution is 2.30. The average Bonchev–Trinajstić information content (AvgIpc) is 3.01. The first-order chi connectivity index (χ1) is 13.1. The number of carbonyl (C=O) groups is 2. The molecule has 0 saturated heterocycles. The number of nitrogens with zero attached hydrogens (tertiary/aromatic N) is 1. The summed E-state index contributed by atoms with van der Waals surface area (Å²) >= 11 is 0. The maximum Gasteiger partial charge on any atom is 0.269 e. The van der Waals surface area contributed by atoms with Gasteiger partial charge in [0.05, 0.1) is 6.42 Å². The van der Waals surface area contributed by atoms with Crippen LogP contribution in [0.15, 0.2) is 48.7 Å². The maximum atomic E-state index is 12.3. The standard InChI is InChI=1S/C20H19N3O4/c1-23-12-14(15-4-2-3-5-16(15)23)11-19(24)21-22-20(25)13-6-7-17-18(10-13)27-9-8-26-17/h2-7,10,12H,8-9,11H2,1H3,(H,21,24)(H,22,25). The molecule has 1 aliphatic heterocycles. The van der Waals surface area contributed by atoms with Gasteiger partial charge >= 0.3 is 0 Å². The molecule has 1 aliphatic rings. The topological polar surface area (TPSA) is 81.6 Å². The lowest BCUT2D eigenvalue weighted by molar-refractivity contribution is -0.121. The Balaban J connectivity index is 1.39. The van der Waals surface area contributed by atoms with Crippen molar-refractivity contribution in [3.63, 3.8) is 0 Å². The molecule has 3 aromatic rings. The lowest BCUT2D eigenvalue weighted by Crippen LogP contribution is -2.42. The van der Waals surface area contributed by atoms with E-state index in [1.54, 1.807) is 18.2 Å². The number of aromatic nitrogens is 1. The zero-order valence-corrected chi connectivity index (χ0v) is 14.8. The fraction of sp³-hybridized carbons (Fsp3) is 0.200. The van der Waals surface area contributed by atoms with Gasteiger partial charge in [-0.1, -0.05) is 18.2 Å². The van der Waals surface area contributed by atoms with Gasteiger partial charge in [0.25, 0.3) is 5.91 Å². The molecule has 27 heavy (non-hydrogen) atoms. The highest BCUT2D eigenvalue weighted by atomic mass is 16.6. The summed E-state index contributed by atoms with van der Waals surface area (Å²) in [6, 6.07) is 12.8. The molecule has 4 rings (SSSR count). The summed E-state index contributed by atoms with van der Waals surface area (Å²) in [6.07, 6.45) is 2.09. The van der Waals surface area contributed by atoms with Crippen LogP contribution in [0.5, 0.6) is 11.5 Å². The molecule has 2 N–H and O–H groups in total. The predicted octanol–water partition coefficient (Wildman–Crippen LogP) is 1.95. The number of hydrogen-bond donors (Lipinski definition) is 2. The fourth-order valence-corrected chi connectivity index (χ4v) is 3.17. The summed E-state index contributed by atoms with van der Waals surface area (Å²) in [5.74, 6) is 0.421. The van der Waals surface area contributed by atoms with Crippen molar-refractivity contribution < 1.29 is 19.1 Å². The molecule has 1 aromatic heterocycles. The molecule has 138 valence electrons. The molecule has 0 bridgehead atoms. The van der Waals surface area contributed by atoms with Crippen LogP contribution in [0, 0.1) is 0 Å². The van der Waals surface area contributed by atoms with E-state index in [-0.39, 0.29) is 12.3 Å². The van der Waals surface area contributed by atoms with Gasteiger partial charge in [-0.15, -0.1) is 0 Å². The Hall–Kier alpha value is -3.48. The summed E-state index contributed by atoms with van der Waals surface area (Å²) < 4.78 is 12.9. The molecular weight excluding hydrogens is 346 g/mol. The van der Waals surface area contributed by atoms with Crippen LogP contribution < -0.4 is 20.3 Å². The molecule has 0 unspecified atom stereocenters. The van der Waals surface area contributed by atoms with Crippen LogP contribution >= 0.6 is 0 Å². The third kappa shape index (κ3) is 3.44. The number of amides is 2. The van der Waals surface area contributed by atoms with Crippen LogP contribution in [0.3, 0.4) is 0 Å². The van der Waals surface area contributed by atoms with E-state index in [1.165, 1.54) is 0 Å². The Morgan fingerprint density at radius 2 is 1.81 bits per heavy atom. The Bertz CT molecular complexity index is 1030. The number of ether oxygens (including phenoxy) is 2. The van der Waals surface area contributed by atoms with Crippen LogP contribution in [0.1, 0.15) is 15.9 Å². The fourth-order valence-electron chi connectivity index (χ4n) is 3.17. The van der Waals surface area contributed by atoms with Gasteiger partial charge in [0.2, 0.25) is 5.91 Å². The second-order valence-electron chi connectivity index (χ2n) is 6.32. The Kier molecular flexibility index (Phi) is 4.42. The minimum Gasteiger partial charge on any atom is -0.486 e. The third-order valence-corrected chi connectivity index (χ3v) is 4.45. The number of aryl methyl sites for hydroxylation is 1. The van der Waals surface area contributed by atoms with E-state index in [2.05, 4.69) is 10.9 Å². The first-order valence-corrected chi connectivity index (χ1v) is 8.63. The van der Waals surface area contributed by atoms with Gasteiger partial charge in [-0.2, -0.15) is 0 Å². The number of benzene rings is 2. The van der Waals surface area contributed by atoms with Gasteiger partial charge in [0.1, 0.15) is 13.2 Å². The van der Waals surface area contributed by atoms with Gasteiger partial charge in [0.15, 0.2) is 11.5 Å². The zero-order valence-electron chi connectivity index (χ0n) is 14.8. The molecule has 7 nitrogen and oxygen atoms in total. The van der Waals surface area contributed by atoms with Crippen molar-refractivity contribution in [2.45, 2.75) is 6.42 Å². The van der Waals surface area contributed by atoms with E-state index in [0.29, 0.717) is 30.3 Å². The largest absolute Gasteiger partial charge is 0.486 e.